The third-order valence-electron chi connectivity index (χ3n) is 2.12. The highest BCUT2D eigenvalue weighted by molar-refractivity contribution is 5.67. The van der Waals surface area contributed by atoms with Gasteiger partial charge in [0.1, 0.15) is 5.35 Å². The number of oxazole rings is 1. The van der Waals surface area contributed by atoms with Crippen molar-refractivity contribution in [2.75, 3.05) is 0 Å². The maximum Gasteiger partial charge on any atom is 0.226 e. The van der Waals surface area contributed by atoms with E-state index in [1.165, 1.54) is 0 Å². The summed E-state index contributed by atoms with van der Waals surface area (Å²) in [5.41, 5.74) is 1.84. The second-order valence-electron chi connectivity index (χ2n) is 3.09. The first-order chi connectivity index (χ1) is 7.26. The first-order valence-electron chi connectivity index (χ1n) is 5.15. The Bertz CT molecular complexity index is 458. The van der Waals surface area contributed by atoms with Crippen LogP contribution in [0.1, 0.15) is 33.6 Å². The van der Waals surface area contributed by atoms with E-state index in [9.17, 15) is 0 Å². The Hall–Kier alpha value is -1.57. The lowest BCUT2D eigenvalue weighted by Gasteiger charge is -1.92. The molecule has 1 aromatic heterocycles. The molecule has 1 aromatic rings. The van der Waals surface area contributed by atoms with Crippen molar-refractivity contribution in [3.05, 3.63) is 34.9 Å². The highest BCUT2D eigenvalue weighted by Gasteiger charge is 2.03. The lowest BCUT2D eigenvalue weighted by molar-refractivity contribution is 0.511. The van der Waals surface area contributed by atoms with Crippen molar-refractivity contribution in [1.29, 1.82) is 0 Å². The van der Waals surface area contributed by atoms with E-state index >= 15 is 0 Å². The van der Waals surface area contributed by atoms with Gasteiger partial charge in [-0.05, 0) is 33.8 Å². The number of hydrogen-bond acceptors (Lipinski definition) is 2. The maximum absolute atomic E-state index is 5.64. The van der Waals surface area contributed by atoms with Gasteiger partial charge in [-0.15, -0.1) is 0 Å². The van der Waals surface area contributed by atoms with E-state index in [0.29, 0.717) is 5.89 Å². The van der Waals surface area contributed by atoms with Crippen molar-refractivity contribution < 1.29 is 4.42 Å². The maximum atomic E-state index is 5.64. The normalized spacial score (nSPS) is 15.6. The number of allylic oxidation sites excluding steroid dienone is 4. The van der Waals surface area contributed by atoms with Crippen LogP contribution in [0.2, 0.25) is 0 Å². The Balaban J connectivity index is 3.35. The quantitative estimate of drug-likeness (QED) is 0.689. The molecule has 0 radical (unpaired) electrons. The molecule has 1 heterocycles. The first-order valence-corrected chi connectivity index (χ1v) is 5.15. The second-order valence-corrected chi connectivity index (χ2v) is 3.09. The van der Waals surface area contributed by atoms with Crippen LogP contribution in [0.5, 0.6) is 0 Å². The Morgan fingerprint density at radius 3 is 2.27 bits per heavy atom. The van der Waals surface area contributed by atoms with E-state index in [2.05, 4.69) is 4.98 Å². The van der Waals surface area contributed by atoms with Gasteiger partial charge >= 0.3 is 0 Å². The highest BCUT2D eigenvalue weighted by Crippen LogP contribution is 2.09. The van der Waals surface area contributed by atoms with E-state index in [-0.39, 0.29) is 0 Å². The monoisotopic (exact) mass is 203 g/mol. The van der Waals surface area contributed by atoms with Crippen molar-refractivity contribution in [2.24, 2.45) is 0 Å². The molecule has 0 aliphatic heterocycles. The standard InChI is InChI=1S/C13H17NO/c1-5-9-10(6-2)13-14-11(7-3)12(8-4)15-13/h5-9H,1-4H3/b9-5?,10-6+,11-7+,12-8?. The van der Waals surface area contributed by atoms with Crippen molar-refractivity contribution in [2.45, 2.75) is 27.7 Å². The predicted molar refractivity (Wildman–Crippen MR) is 64.5 cm³/mol. The van der Waals surface area contributed by atoms with E-state index in [4.69, 9.17) is 4.42 Å². The van der Waals surface area contributed by atoms with E-state index in [0.717, 1.165) is 16.3 Å². The number of rotatable bonds is 2. The third kappa shape index (κ3) is 2.46. The fraction of sp³-hybridized carbons (Fsp3) is 0.308. The first kappa shape index (κ1) is 11.5. The largest absolute Gasteiger partial charge is 0.436 e. The zero-order valence-corrected chi connectivity index (χ0v) is 9.74. The lowest BCUT2D eigenvalue weighted by Crippen LogP contribution is -2.20. The molecule has 2 nitrogen and oxygen atoms in total. The summed E-state index contributed by atoms with van der Waals surface area (Å²) in [5.74, 6) is 0.678. The third-order valence-corrected chi connectivity index (χ3v) is 2.12. The molecule has 1 rings (SSSR count). The number of aromatic nitrogens is 1. The molecule has 0 amide bonds. The summed E-state index contributed by atoms with van der Waals surface area (Å²) in [6.07, 6.45) is 9.83. The van der Waals surface area contributed by atoms with Gasteiger partial charge in [-0.1, -0.05) is 24.3 Å². The van der Waals surface area contributed by atoms with Crippen LogP contribution in [0.15, 0.2) is 22.6 Å². The minimum atomic E-state index is 0.678. The van der Waals surface area contributed by atoms with Gasteiger partial charge in [0, 0.05) is 5.57 Å². The van der Waals surface area contributed by atoms with Gasteiger partial charge < -0.3 is 4.42 Å². The van der Waals surface area contributed by atoms with Gasteiger partial charge in [0.25, 0.3) is 0 Å². The summed E-state index contributed by atoms with van der Waals surface area (Å²) in [4.78, 5) is 4.42. The molecule has 2 heteroatoms. The zero-order valence-electron chi connectivity index (χ0n) is 9.74. The highest BCUT2D eigenvalue weighted by atomic mass is 16.3. The van der Waals surface area contributed by atoms with Crippen LogP contribution in [-0.4, -0.2) is 4.98 Å². The molecular weight excluding hydrogens is 186 g/mol. The van der Waals surface area contributed by atoms with Gasteiger partial charge in [-0.25, -0.2) is 4.98 Å². The van der Waals surface area contributed by atoms with Crippen molar-refractivity contribution in [1.82, 2.24) is 4.98 Å². The molecule has 0 aliphatic rings. The Morgan fingerprint density at radius 1 is 1.13 bits per heavy atom. The average molecular weight is 203 g/mol. The molecule has 0 bridgehead atoms. The molecule has 0 unspecified atom stereocenters. The zero-order chi connectivity index (χ0) is 11.3. The topological polar surface area (TPSA) is 26.0 Å². The summed E-state index contributed by atoms with van der Waals surface area (Å²) < 4.78 is 5.64. The van der Waals surface area contributed by atoms with Crippen LogP contribution in [0.25, 0.3) is 17.7 Å². The van der Waals surface area contributed by atoms with Crippen LogP contribution >= 0.6 is 0 Å². The van der Waals surface area contributed by atoms with Crippen LogP contribution < -0.4 is 10.8 Å². The molecule has 0 saturated carbocycles. The summed E-state index contributed by atoms with van der Waals surface area (Å²) in [7, 11) is 0. The molecule has 15 heavy (non-hydrogen) atoms. The summed E-state index contributed by atoms with van der Waals surface area (Å²) in [5, 5.41) is 0.899. The Morgan fingerprint density at radius 2 is 1.87 bits per heavy atom. The Labute approximate surface area is 90.3 Å². The molecule has 0 N–H and O–H groups in total. The number of hydrogen-bond donors (Lipinski definition) is 0. The summed E-state index contributed by atoms with van der Waals surface area (Å²) in [6.45, 7) is 7.86. The molecular formula is C13H17NO. The Kier molecular flexibility index (Phi) is 4.10. The smallest absolute Gasteiger partial charge is 0.226 e. The summed E-state index contributed by atoms with van der Waals surface area (Å²) in [6, 6.07) is 0. The summed E-state index contributed by atoms with van der Waals surface area (Å²) >= 11 is 0. The fourth-order valence-electron chi connectivity index (χ4n) is 1.35. The van der Waals surface area contributed by atoms with Gasteiger partial charge in [0.15, 0.2) is 5.42 Å². The molecule has 0 aliphatic carbocycles. The van der Waals surface area contributed by atoms with Crippen LogP contribution in [0, 0.1) is 0 Å². The SMILES string of the molecule is CC=C/C(=C\C)c1n/c(=C/C)c(=CC)o1. The van der Waals surface area contributed by atoms with Crippen molar-refractivity contribution in [3.63, 3.8) is 0 Å². The molecule has 0 atom stereocenters. The van der Waals surface area contributed by atoms with Crippen molar-refractivity contribution in [3.8, 4) is 0 Å². The van der Waals surface area contributed by atoms with Crippen molar-refractivity contribution >= 4 is 17.7 Å². The fourth-order valence-corrected chi connectivity index (χ4v) is 1.35. The van der Waals surface area contributed by atoms with Crippen LogP contribution in [0.3, 0.4) is 0 Å². The van der Waals surface area contributed by atoms with E-state index in [1.807, 2.05) is 58.1 Å². The van der Waals surface area contributed by atoms with Gasteiger partial charge in [-0.3, -0.25) is 0 Å². The molecule has 0 fully saturated rings. The molecule has 0 aromatic carbocycles. The van der Waals surface area contributed by atoms with Gasteiger partial charge in [-0.2, -0.15) is 0 Å². The average Bonchev–Trinajstić information content (AvgIpc) is 2.68. The van der Waals surface area contributed by atoms with Crippen LogP contribution in [-0.2, 0) is 0 Å². The molecule has 80 valence electrons. The minimum absolute atomic E-state index is 0.678. The van der Waals surface area contributed by atoms with E-state index in [1.54, 1.807) is 0 Å². The molecule has 0 saturated heterocycles. The molecule has 0 spiro atoms. The minimum Gasteiger partial charge on any atom is -0.436 e. The van der Waals surface area contributed by atoms with Gasteiger partial charge in [0.05, 0.1) is 0 Å². The number of nitrogens with zero attached hydrogens (tertiary/aromatic N) is 1. The van der Waals surface area contributed by atoms with Gasteiger partial charge in [0.2, 0.25) is 5.89 Å². The predicted octanol–water partition coefficient (Wildman–Crippen LogP) is 2.25. The second kappa shape index (κ2) is 5.35. The van der Waals surface area contributed by atoms with Crippen LogP contribution in [0.4, 0.5) is 0 Å². The lowest BCUT2D eigenvalue weighted by atomic mass is 10.2. The van der Waals surface area contributed by atoms with E-state index < -0.39 is 0 Å².